The van der Waals surface area contributed by atoms with Gasteiger partial charge in [-0.25, -0.2) is 0 Å². The fourth-order valence-electron chi connectivity index (χ4n) is 1.13. The first-order chi connectivity index (χ1) is 6.86. The Morgan fingerprint density at radius 3 is 2.18 bits per heavy atom. The average molecular weight is 312 g/mol. The van der Waals surface area contributed by atoms with Gasteiger partial charge in [-0.05, 0) is 23.8 Å². The highest BCUT2D eigenvalue weighted by molar-refractivity contribution is 6.31. The van der Waals surface area contributed by atoms with E-state index in [0.717, 1.165) is 12.1 Å². The van der Waals surface area contributed by atoms with Crippen LogP contribution in [-0.2, 0) is 6.18 Å². The lowest BCUT2D eigenvalue weighted by Gasteiger charge is -2.14. The normalized spacial score (nSPS) is 12.4. The summed E-state index contributed by atoms with van der Waals surface area (Å²) in [7, 11) is 0. The zero-order chi connectivity index (χ0) is 11.6. The summed E-state index contributed by atoms with van der Waals surface area (Å²) in [6, 6.07) is 2.34. The zero-order valence-corrected chi connectivity index (χ0v) is 10.9. The highest BCUT2D eigenvalue weighted by Gasteiger charge is 2.31. The van der Waals surface area contributed by atoms with Crippen molar-refractivity contribution >= 4 is 36.4 Å². The smallest absolute Gasteiger partial charge is 0.329 e. The number of benzene rings is 1. The third-order valence-electron chi connectivity index (χ3n) is 1.98. The molecule has 1 aromatic rings. The fraction of sp³-hybridized carbons (Fsp3) is 0.333. The third-order valence-corrected chi connectivity index (χ3v) is 2.32. The molecule has 0 aliphatic carbocycles. The number of nitrogens with two attached hydrogens (primary N) is 2. The minimum atomic E-state index is -4.40. The second kappa shape index (κ2) is 7.28. The Kier molecular flexibility index (Phi) is 8.20. The molecular weight excluding hydrogens is 299 g/mol. The van der Waals surface area contributed by atoms with Crippen molar-refractivity contribution in [3.63, 3.8) is 0 Å². The molecule has 0 spiro atoms. The van der Waals surface area contributed by atoms with E-state index in [4.69, 9.17) is 23.1 Å². The molecule has 8 heteroatoms. The largest absolute Gasteiger partial charge is 0.416 e. The lowest BCUT2D eigenvalue weighted by atomic mass is 10.0. The highest BCUT2D eigenvalue weighted by Crippen LogP contribution is 2.33. The minimum Gasteiger partial charge on any atom is -0.329 e. The molecule has 2 nitrogen and oxygen atoms in total. The Morgan fingerprint density at radius 2 is 1.76 bits per heavy atom. The van der Waals surface area contributed by atoms with Gasteiger partial charge in [-0.1, -0.05) is 11.6 Å². The second-order valence-electron chi connectivity index (χ2n) is 3.08. The molecule has 1 aromatic carbocycles. The van der Waals surface area contributed by atoms with E-state index < -0.39 is 17.8 Å². The number of hydrogen-bond acceptors (Lipinski definition) is 2. The van der Waals surface area contributed by atoms with E-state index in [1.54, 1.807) is 0 Å². The summed E-state index contributed by atoms with van der Waals surface area (Å²) in [6.07, 6.45) is -4.40. The Morgan fingerprint density at radius 1 is 1.24 bits per heavy atom. The molecule has 0 radical (unpaired) electrons. The van der Waals surface area contributed by atoms with Crippen LogP contribution in [0.3, 0.4) is 0 Å². The third kappa shape index (κ3) is 4.89. The Bertz CT molecular complexity index is 358. The van der Waals surface area contributed by atoms with Crippen LogP contribution in [0, 0.1) is 0 Å². The van der Waals surface area contributed by atoms with Crippen molar-refractivity contribution in [2.75, 3.05) is 6.54 Å². The lowest BCUT2D eigenvalue weighted by molar-refractivity contribution is -0.137. The van der Waals surface area contributed by atoms with E-state index in [9.17, 15) is 13.2 Å². The topological polar surface area (TPSA) is 52.0 Å². The van der Waals surface area contributed by atoms with E-state index in [2.05, 4.69) is 0 Å². The summed E-state index contributed by atoms with van der Waals surface area (Å²) in [5.74, 6) is 0. The molecule has 0 unspecified atom stereocenters. The molecule has 0 saturated heterocycles. The molecular formula is C9H12Cl3F3N2. The first-order valence-corrected chi connectivity index (χ1v) is 4.56. The maximum atomic E-state index is 12.4. The standard InChI is InChI=1S/C9H10ClF3N2.2ClH/c10-7-2-1-5(9(11,12)13)3-6(7)8(15)4-14;;/h1-3,8H,4,14-15H2;2*1H/t8-;;/m0../s1. The molecule has 0 saturated carbocycles. The van der Waals surface area contributed by atoms with Crippen molar-refractivity contribution in [1.29, 1.82) is 0 Å². The molecule has 100 valence electrons. The van der Waals surface area contributed by atoms with Gasteiger partial charge in [0.05, 0.1) is 5.56 Å². The van der Waals surface area contributed by atoms with Crippen molar-refractivity contribution in [3.8, 4) is 0 Å². The molecule has 0 fully saturated rings. The molecule has 0 heterocycles. The van der Waals surface area contributed by atoms with Gasteiger partial charge in [-0.2, -0.15) is 13.2 Å². The Labute approximate surface area is 114 Å². The highest BCUT2D eigenvalue weighted by atomic mass is 35.5. The molecule has 0 bridgehead atoms. The van der Waals surface area contributed by atoms with Crippen LogP contribution in [0.25, 0.3) is 0 Å². The second-order valence-corrected chi connectivity index (χ2v) is 3.48. The predicted molar refractivity (Wildman–Crippen MR) is 66.9 cm³/mol. The number of hydrogen-bond donors (Lipinski definition) is 2. The maximum Gasteiger partial charge on any atom is 0.416 e. The van der Waals surface area contributed by atoms with Crippen LogP contribution in [0.5, 0.6) is 0 Å². The van der Waals surface area contributed by atoms with Crippen LogP contribution in [0.1, 0.15) is 17.2 Å². The lowest BCUT2D eigenvalue weighted by Crippen LogP contribution is -2.21. The molecule has 1 atom stereocenters. The van der Waals surface area contributed by atoms with E-state index in [0.29, 0.717) is 0 Å². The van der Waals surface area contributed by atoms with Crippen molar-refractivity contribution in [1.82, 2.24) is 0 Å². The first kappa shape index (κ1) is 19.1. The van der Waals surface area contributed by atoms with Gasteiger partial charge in [0, 0.05) is 17.6 Å². The molecule has 0 amide bonds. The summed E-state index contributed by atoms with van der Waals surface area (Å²) >= 11 is 5.72. The average Bonchev–Trinajstić information content (AvgIpc) is 2.15. The van der Waals surface area contributed by atoms with Crippen molar-refractivity contribution in [2.45, 2.75) is 12.2 Å². The quantitative estimate of drug-likeness (QED) is 0.881. The SMILES string of the molecule is Cl.Cl.NC[C@H](N)c1cc(C(F)(F)F)ccc1Cl. The van der Waals surface area contributed by atoms with Gasteiger partial charge in [0.1, 0.15) is 0 Å². The van der Waals surface area contributed by atoms with E-state index in [-0.39, 0.29) is 41.9 Å². The summed E-state index contributed by atoms with van der Waals surface area (Å²) in [5.41, 5.74) is 10.2. The van der Waals surface area contributed by atoms with Crippen LogP contribution in [0.4, 0.5) is 13.2 Å². The summed E-state index contributed by atoms with van der Waals surface area (Å²) in [6.45, 7) is 0.0427. The molecule has 0 aliphatic heterocycles. The fourth-order valence-corrected chi connectivity index (χ4v) is 1.39. The number of alkyl halides is 3. The van der Waals surface area contributed by atoms with Gasteiger partial charge < -0.3 is 11.5 Å². The first-order valence-electron chi connectivity index (χ1n) is 4.18. The predicted octanol–water partition coefficient (Wildman–Crippen LogP) is 3.16. The van der Waals surface area contributed by atoms with E-state index in [1.807, 2.05) is 0 Å². The maximum absolute atomic E-state index is 12.4. The number of rotatable bonds is 2. The van der Waals surface area contributed by atoms with E-state index >= 15 is 0 Å². The van der Waals surface area contributed by atoms with E-state index in [1.165, 1.54) is 6.07 Å². The Balaban J connectivity index is 0. The van der Waals surface area contributed by atoms with Crippen LogP contribution in [0.15, 0.2) is 18.2 Å². The van der Waals surface area contributed by atoms with Crippen molar-refractivity contribution in [2.24, 2.45) is 11.5 Å². The monoisotopic (exact) mass is 310 g/mol. The van der Waals surface area contributed by atoms with Crippen LogP contribution in [-0.4, -0.2) is 6.54 Å². The minimum absolute atomic E-state index is 0. The summed E-state index contributed by atoms with van der Waals surface area (Å²) in [4.78, 5) is 0. The summed E-state index contributed by atoms with van der Waals surface area (Å²) < 4.78 is 37.1. The van der Waals surface area contributed by atoms with Gasteiger partial charge in [0.15, 0.2) is 0 Å². The van der Waals surface area contributed by atoms with Gasteiger partial charge in [-0.3, -0.25) is 0 Å². The summed E-state index contributed by atoms with van der Waals surface area (Å²) in [5, 5.41) is 0.195. The molecule has 0 aromatic heterocycles. The van der Waals surface area contributed by atoms with Crippen LogP contribution < -0.4 is 11.5 Å². The molecule has 0 aliphatic rings. The van der Waals surface area contributed by atoms with Gasteiger partial charge in [-0.15, -0.1) is 24.8 Å². The van der Waals surface area contributed by atoms with Gasteiger partial charge in [0.2, 0.25) is 0 Å². The van der Waals surface area contributed by atoms with Crippen LogP contribution >= 0.6 is 36.4 Å². The van der Waals surface area contributed by atoms with Gasteiger partial charge in [0.25, 0.3) is 0 Å². The van der Waals surface area contributed by atoms with Crippen molar-refractivity contribution in [3.05, 3.63) is 34.3 Å². The van der Waals surface area contributed by atoms with Gasteiger partial charge >= 0.3 is 6.18 Å². The molecule has 4 N–H and O–H groups in total. The van der Waals surface area contributed by atoms with Crippen LogP contribution in [0.2, 0.25) is 5.02 Å². The number of halogens is 6. The molecule has 1 rings (SSSR count). The zero-order valence-electron chi connectivity index (χ0n) is 8.50. The van der Waals surface area contributed by atoms with Crippen molar-refractivity contribution < 1.29 is 13.2 Å². The molecule has 17 heavy (non-hydrogen) atoms. The Hall–Kier alpha value is -0.200.